The van der Waals surface area contributed by atoms with Crippen molar-refractivity contribution in [3.05, 3.63) is 30.9 Å². The Labute approximate surface area is 96.1 Å². The molecule has 0 bridgehead atoms. The summed E-state index contributed by atoms with van der Waals surface area (Å²) in [5, 5.41) is 4.15. The molecule has 3 aromatic heterocycles. The van der Waals surface area contributed by atoms with Gasteiger partial charge in [-0.3, -0.25) is 0 Å². The van der Waals surface area contributed by atoms with Crippen molar-refractivity contribution in [1.29, 1.82) is 0 Å². The van der Waals surface area contributed by atoms with Gasteiger partial charge in [0.2, 0.25) is 0 Å². The Morgan fingerprint density at radius 3 is 2.82 bits per heavy atom. The lowest BCUT2D eigenvalue weighted by Gasteiger charge is -1.99. The number of fused-ring (bicyclic) bond motifs is 1. The fraction of sp³-hybridized carbons (Fsp3) is 0. The second-order valence-corrected chi connectivity index (χ2v) is 3.48. The van der Waals surface area contributed by atoms with Crippen molar-refractivity contribution in [1.82, 2.24) is 24.6 Å². The Morgan fingerprint density at radius 1 is 1.12 bits per heavy atom. The van der Waals surface area contributed by atoms with E-state index in [-0.39, 0.29) is 0 Å². The van der Waals surface area contributed by atoms with Crippen LogP contribution in [0, 0.1) is 0 Å². The van der Waals surface area contributed by atoms with E-state index in [9.17, 15) is 0 Å². The molecule has 0 saturated carbocycles. The first-order valence-corrected chi connectivity index (χ1v) is 4.92. The van der Waals surface area contributed by atoms with E-state index in [4.69, 9.17) is 11.5 Å². The van der Waals surface area contributed by atoms with Crippen LogP contribution in [0.1, 0.15) is 0 Å². The molecule has 0 saturated heterocycles. The van der Waals surface area contributed by atoms with E-state index < -0.39 is 0 Å². The van der Waals surface area contributed by atoms with Gasteiger partial charge < -0.3 is 11.5 Å². The van der Waals surface area contributed by atoms with Crippen molar-refractivity contribution >= 4 is 17.3 Å². The van der Waals surface area contributed by atoms with Crippen LogP contribution in [0.2, 0.25) is 0 Å². The minimum absolute atomic E-state index is 0.363. The number of aromatic nitrogens is 5. The van der Waals surface area contributed by atoms with Gasteiger partial charge in [-0.2, -0.15) is 0 Å². The van der Waals surface area contributed by atoms with Gasteiger partial charge >= 0.3 is 0 Å². The summed E-state index contributed by atoms with van der Waals surface area (Å²) in [4.78, 5) is 12.2. The van der Waals surface area contributed by atoms with Crippen LogP contribution in [0.4, 0.5) is 11.6 Å². The summed E-state index contributed by atoms with van der Waals surface area (Å²) in [6.45, 7) is 0. The Balaban J connectivity index is 2.33. The molecule has 3 aromatic rings. The van der Waals surface area contributed by atoms with E-state index >= 15 is 0 Å². The Kier molecular flexibility index (Phi) is 1.91. The standard InChI is InChI=1S/C10H9N7/c11-7-4-6(14-5-15-7)8-9(12)16-17-3-1-2-13-10(8)17/h1-5H,(H2,12,16)(H2,11,14,15). The SMILES string of the molecule is Nc1cc(-c2c(N)nn3cccnc23)ncn1. The van der Waals surface area contributed by atoms with Crippen molar-refractivity contribution < 1.29 is 0 Å². The molecular formula is C10H9N7. The number of rotatable bonds is 1. The van der Waals surface area contributed by atoms with Gasteiger partial charge in [0.15, 0.2) is 11.5 Å². The molecule has 0 unspecified atom stereocenters. The number of anilines is 2. The van der Waals surface area contributed by atoms with E-state index in [0.717, 1.165) is 0 Å². The van der Waals surface area contributed by atoms with Crippen molar-refractivity contribution in [3.8, 4) is 11.3 Å². The summed E-state index contributed by atoms with van der Waals surface area (Å²) in [5.74, 6) is 0.742. The molecule has 4 N–H and O–H groups in total. The van der Waals surface area contributed by atoms with Gasteiger partial charge in [-0.1, -0.05) is 0 Å². The number of nitrogen functional groups attached to an aromatic ring is 2. The maximum absolute atomic E-state index is 5.86. The van der Waals surface area contributed by atoms with Crippen molar-refractivity contribution in [2.75, 3.05) is 11.5 Å². The van der Waals surface area contributed by atoms with Crippen LogP contribution in [0.15, 0.2) is 30.9 Å². The predicted octanol–water partition coefficient (Wildman–Crippen LogP) is 0.351. The summed E-state index contributed by atoms with van der Waals surface area (Å²) in [5.41, 5.74) is 13.4. The first-order valence-electron chi connectivity index (χ1n) is 4.92. The fourth-order valence-electron chi connectivity index (χ4n) is 1.66. The zero-order chi connectivity index (χ0) is 11.8. The second-order valence-electron chi connectivity index (χ2n) is 3.48. The van der Waals surface area contributed by atoms with E-state index in [0.29, 0.717) is 28.5 Å². The number of hydrogen-bond donors (Lipinski definition) is 2. The molecule has 0 aliphatic carbocycles. The van der Waals surface area contributed by atoms with Gasteiger partial charge in [-0.05, 0) is 6.07 Å². The normalized spacial score (nSPS) is 10.8. The quantitative estimate of drug-likeness (QED) is 0.621. The molecular weight excluding hydrogens is 218 g/mol. The highest BCUT2D eigenvalue weighted by atomic mass is 15.3. The van der Waals surface area contributed by atoms with Gasteiger partial charge in [0.1, 0.15) is 12.1 Å². The highest BCUT2D eigenvalue weighted by Crippen LogP contribution is 2.27. The van der Waals surface area contributed by atoms with Crippen LogP contribution in [-0.2, 0) is 0 Å². The zero-order valence-corrected chi connectivity index (χ0v) is 8.78. The average molecular weight is 227 g/mol. The predicted molar refractivity (Wildman–Crippen MR) is 62.8 cm³/mol. The molecule has 0 aliphatic rings. The molecule has 0 amide bonds. The number of nitrogens with two attached hydrogens (primary N) is 2. The molecule has 0 radical (unpaired) electrons. The molecule has 0 aromatic carbocycles. The van der Waals surface area contributed by atoms with Gasteiger partial charge in [-0.15, -0.1) is 5.10 Å². The number of nitrogens with zero attached hydrogens (tertiary/aromatic N) is 5. The lowest BCUT2D eigenvalue weighted by atomic mass is 10.2. The lowest BCUT2D eigenvalue weighted by Crippen LogP contribution is -1.94. The molecule has 7 heteroatoms. The molecule has 0 atom stereocenters. The van der Waals surface area contributed by atoms with Gasteiger partial charge in [0.25, 0.3) is 0 Å². The van der Waals surface area contributed by atoms with Crippen LogP contribution in [0.3, 0.4) is 0 Å². The molecule has 0 aliphatic heterocycles. The molecule has 17 heavy (non-hydrogen) atoms. The monoisotopic (exact) mass is 227 g/mol. The highest BCUT2D eigenvalue weighted by Gasteiger charge is 2.14. The van der Waals surface area contributed by atoms with Crippen LogP contribution in [0.5, 0.6) is 0 Å². The minimum Gasteiger partial charge on any atom is -0.384 e. The highest BCUT2D eigenvalue weighted by molar-refractivity contribution is 5.84. The maximum atomic E-state index is 5.86. The summed E-state index contributed by atoms with van der Waals surface area (Å²) >= 11 is 0. The third-order valence-corrected chi connectivity index (χ3v) is 2.37. The van der Waals surface area contributed by atoms with Crippen molar-refractivity contribution in [2.45, 2.75) is 0 Å². The fourth-order valence-corrected chi connectivity index (χ4v) is 1.66. The minimum atomic E-state index is 0.363. The molecule has 0 spiro atoms. The molecule has 3 heterocycles. The van der Waals surface area contributed by atoms with Crippen LogP contribution >= 0.6 is 0 Å². The average Bonchev–Trinajstić information content (AvgIpc) is 2.64. The van der Waals surface area contributed by atoms with Gasteiger partial charge in [0.05, 0.1) is 11.3 Å². The molecule has 84 valence electrons. The van der Waals surface area contributed by atoms with Gasteiger partial charge in [-0.25, -0.2) is 19.5 Å². The van der Waals surface area contributed by atoms with Crippen LogP contribution in [-0.4, -0.2) is 24.6 Å². The molecule has 3 rings (SSSR count). The van der Waals surface area contributed by atoms with E-state index in [1.807, 2.05) is 0 Å². The largest absolute Gasteiger partial charge is 0.384 e. The van der Waals surface area contributed by atoms with E-state index in [1.165, 1.54) is 6.33 Å². The smallest absolute Gasteiger partial charge is 0.166 e. The second kappa shape index (κ2) is 3.41. The van der Waals surface area contributed by atoms with Crippen LogP contribution in [0.25, 0.3) is 16.9 Å². The third kappa shape index (κ3) is 1.44. The van der Waals surface area contributed by atoms with E-state index in [2.05, 4.69) is 20.1 Å². The number of hydrogen-bond acceptors (Lipinski definition) is 6. The summed E-state index contributed by atoms with van der Waals surface area (Å²) in [6, 6.07) is 3.42. The zero-order valence-electron chi connectivity index (χ0n) is 8.78. The lowest BCUT2D eigenvalue weighted by molar-refractivity contribution is 0.945. The first kappa shape index (κ1) is 9.52. The van der Waals surface area contributed by atoms with Gasteiger partial charge in [0, 0.05) is 18.5 Å². The van der Waals surface area contributed by atoms with Crippen molar-refractivity contribution in [2.24, 2.45) is 0 Å². The summed E-state index contributed by atoms with van der Waals surface area (Å²) in [7, 11) is 0. The van der Waals surface area contributed by atoms with Crippen LogP contribution < -0.4 is 11.5 Å². The maximum Gasteiger partial charge on any atom is 0.166 e. The Bertz CT molecular complexity index is 688. The molecule has 0 fully saturated rings. The summed E-state index contributed by atoms with van der Waals surface area (Å²) < 4.78 is 1.60. The van der Waals surface area contributed by atoms with E-state index in [1.54, 1.807) is 29.0 Å². The third-order valence-electron chi connectivity index (χ3n) is 2.37. The molecule has 7 nitrogen and oxygen atoms in total. The van der Waals surface area contributed by atoms with Crippen molar-refractivity contribution in [3.63, 3.8) is 0 Å². The Hall–Kier alpha value is -2.70. The first-order chi connectivity index (χ1) is 8.25. The summed E-state index contributed by atoms with van der Waals surface area (Å²) in [6.07, 6.45) is 4.83. The Morgan fingerprint density at radius 2 is 2.00 bits per heavy atom. The topological polar surface area (TPSA) is 108 Å².